The number of imidazole rings is 1. The number of pyridine rings is 3. The zero-order valence-corrected chi connectivity index (χ0v) is 19.3. The highest BCUT2D eigenvalue weighted by atomic mass is 16.4. The van der Waals surface area contributed by atoms with E-state index in [9.17, 15) is 9.59 Å². The Kier molecular flexibility index (Phi) is 5.01. The summed E-state index contributed by atoms with van der Waals surface area (Å²) in [6.07, 6.45) is 3.32. The fourth-order valence-corrected chi connectivity index (χ4v) is 4.33. The molecule has 8 nitrogen and oxygen atoms in total. The molecule has 0 bridgehead atoms. The van der Waals surface area contributed by atoms with Crippen LogP contribution >= 0.6 is 0 Å². The number of hydrogen-bond acceptors (Lipinski definition) is 5. The van der Waals surface area contributed by atoms with Crippen LogP contribution in [0.15, 0.2) is 59.7 Å². The van der Waals surface area contributed by atoms with E-state index in [-0.39, 0.29) is 17.3 Å². The van der Waals surface area contributed by atoms with Crippen molar-refractivity contribution in [2.75, 3.05) is 0 Å². The molecule has 0 atom stereocenters. The lowest BCUT2D eigenvalue weighted by molar-refractivity contribution is 0.0690. The molecule has 0 spiro atoms. The van der Waals surface area contributed by atoms with Crippen LogP contribution in [0.4, 0.5) is 0 Å². The maximum atomic E-state index is 12.6. The van der Waals surface area contributed by atoms with Gasteiger partial charge in [-0.3, -0.25) is 19.1 Å². The molecule has 4 heterocycles. The van der Waals surface area contributed by atoms with Crippen molar-refractivity contribution < 1.29 is 9.90 Å². The third-order valence-electron chi connectivity index (χ3n) is 6.14. The summed E-state index contributed by atoms with van der Waals surface area (Å²) in [6, 6.07) is 13.1. The Bertz CT molecular complexity index is 1650. The summed E-state index contributed by atoms with van der Waals surface area (Å²) in [5, 5.41) is 11.0. The smallest absolute Gasteiger partial charge is 0.354 e. The summed E-state index contributed by atoms with van der Waals surface area (Å²) in [4.78, 5) is 37.3. The van der Waals surface area contributed by atoms with Gasteiger partial charge in [0.25, 0.3) is 0 Å². The summed E-state index contributed by atoms with van der Waals surface area (Å²) in [6.45, 7) is 4.15. The van der Waals surface area contributed by atoms with Crippen molar-refractivity contribution in [2.24, 2.45) is 14.1 Å². The standard InChI is InChI=1S/C26H23N5O3/c1-14(2)23-24-22(30(3)26(34)31(24)4)11-21(29-23)17-7-5-6-15-10-20(28-13-18(15)17)16-8-9-19(25(32)33)27-12-16/h5-14H,1-4H3,(H,32,33). The van der Waals surface area contributed by atoms with Gasteiger partial charge in [-0.2, -0.15) is 0 Å². The molecule has 0 saturated carbocycles. The Morgan fingerprint density at radius 1 is 0.971 bits per heavy atom. The van der Waals surface area contributed by atoms with E-state index in [2.05, 4.69) is 23.8 Å². The van der Waals surface area contributed by atoms with Crippen molar-refractivity contribution in [1.82, 2.24) is 24.1 Å². The van der Waals surface area contributed by atoms with E-state index in [1.54, 1.807) is 35.5 Å². The van der Waals surface area contributed by atoms with Crippen LogP contribution in [0.2, 0.25) is 0 Å². The van der Waals surface area contributed by atoms with E-state index in [0.717, 1.165) is 44.3 Å². The monoisotopic (exact) mass is 453 g/mol. The molecule has 1 aromatic carbocycles. The molecule has 0 aliphatic heterocycles. The number of nitrogens with zero attached hydrogens (tertiary/aromatic N) is 5. The van der Waals surface area contributed by atoms with Crippen LogP contribution in [0.1, 0.15) is 35.9 Å². The minimum Gasteiger partial charge on any atom is -0.477 e. The minimum atomic E-state index is -1.07. The van der Waals surface area contributed by atoms with Gasteiger partial charge in [0.05, 0.1) is 28.1 Å². The van der Waals surface area contributed by atoms with Gasteiger partial charge in [-0.15, -0.1) is 0 Å². The third-order valence-corrected chi connectivity index (χ3v) is 6.14. The maximum absolute atomic E-state index is 12.6. The Morgan fingerprint density at radius 3 is 2.44 bits per heavy atom. The van der Waals surface area contributed by atoms with Crippen LogP contribution in [0.3, 0.4) is 0 Å². The number of carboxylic acid groups (broad SMARTS) is 1. The number of carbonyl (C=O) groups is 1. The number of hydrogen-bond donors (Lipinski definition) is 1. The molecule has 0 aliphatic carbocycles. The molecule has 8 heteroatoms. The molecule has 0 saturated heterocycles. The fraction of sp³-hybridized carbons (Fsp3) is 0.192. The lowest BCUT2D eigenvalue weighted by atomic mass is 10.00. The SMILES string of the molecule is CC(C)c1nc(-c2cccc3cc(-c4ccc(C(=O)O)nc4)ncc23)cc2c1n(C)c(=O)n2C. The van der Waals surface area contributed by atoms with Crippen molar-refractivity contribution in [3.05, 3.63) is 76.7 Å². The Balaban J connectivity index is 1.68. The van der Waals surface area contributed by atoms with Crippen LogP contribution < -0.4 is 5.69 Å². The van der Waals surface area contributed by atoms with E-state index < -0.39 is 5.97 Å². The number of aryl methyl sites for hydroxylation is 2. The number of carboxylic acids is 1. The largest absolute Gasteiger partial charge is 0.477 e. The number of benzene rings is 1. The Morgan fingerprint density at radius 2 is 1.76 bits per heavy atom. The first kappa shape index (κ1) is 21.5. The zero-order chi connectivity index (χ0) is 24.1. The average molecular weight is 454 g/mol. The van der Waals surface area contributed by atoms with E-state index in [1.165, 1.54) is 12.3 Å². The lowest BCUT2D eigenvalue weighted by Gasteiger charge is -2.13. The maximum Gasteiger partial charge on any atom is 0.354 e. The summed E-state index contributed by atoms with van der Waals surface area (Å²) in [7, 11) is 3.55. The Hall–Kier alpha value is -4.33. The second-order valence-electron chi connectivity index (χ2n) is 8.65. The average Bonchev–Trinajstić information content (AvgIpc) is 3.06. The van der Waals surface area contributed by atoms with Crippen LogP contribution in [0, 0.1) is 0 Å². The molecule has 0 aliphatic rings. The molecule has 0 fully saturated rings. The predicted molar refractivity (Wildman–Crippen MR) is 131 cm³/mol. The van der Waals surface area contributed by atoms with Crippen LogP contribution in [0.5, 0.6) is 0 Å². The first-order chi connectivity index (χ1) is 16.3. The van der Waals surface area contributed by atoms with Crippen molar-refractivity contribution in [3.63, 3.8) is 0 Å². The topological polar surface area (TPSA) is 103 Å². The highest BCUT2D eigenvalue weighted by Gasteiger charge is 2.19. The molecule has 0 radical (unpaired) electrons. The molecule has 4 aromatic heterocycles. The summed E-state index contributed by atoms with van der Waals surface area (Å²) >= 11 is 0. The molecule has 0 amide bonds. The van der Waals surface area contributed by atoms with Gasteiger partial charge < -0.3 is 5.11 Å². The molecule has 5 rings (SSSR count). The van der Waals surface area contributed by atoms with Crippen molar-refractivity contribution in [3.8, 4) is 22.5 Å². The van der Waals surface area contributed by atoms with Crippen molar-refractivity contribution in [1.29, 1.82) is 0 Å². The van der Waals surface area contributed by atoms with Gasteiger partial charge in [-0.05, 0) is 35.6 Å². The van der Waals surface area contributed by atoms with Crippen LogP contribution in [-0.2, 0) is 14.1 Å². The highest BCUT2D eigenvalue weighted by molar-refractivity contribution is 5.98. The quantitative estimate of drug-likeness (QED) is 0.433. The molecular weight excluding hydrogens is 430 g/mol. The number of fused-ring (bicyclic) bond motifs is 2. The Labute approximate surface area is 195 Å². The number of rotatable bonds is 4. The second kappa shape index (κ2) is 7.91. The van der Waals surface area contributed by atoms with Crippen molar-refractivity contribution >= 4 is 27.8 Å². The summed E-state index contributed by atoms with van der Waals surface area (Å²) in [5.74, 6) is -0.930. The van der Waals surface area contributed by atoms with Crippen LogP contribution in [-0.4, -0.2) is 35.2 Å². The van der Waals surface area contributed by atoms with Gasteiger partial charge in [-0.1, -0.05) is 32.0 Å². The van der Waals surface area contributed by atoms with Gasteiger partial charge in [0.2, 0.25) is 0 Å². The first-order valence-corrected chi connectivity index (χ1v) is 10.9. The van der Waals surface area contributed by atoms with Gasteiger partial charge in [0, 0.05) is 43.0 Å². The molecule has 1 N–H and O–H groups in total. The van der Waals surface area contributed by atoms with E-state index in [4.69, 9.17) is 10.1 Å². The van der Waals surface area contributed by atoms with Gasteiger partial charge >= 0.3 is 11.7 Å². The molecule has 0 unspecified atom stereocenters. The second-order valence-corrected chi connectivity index (χ2v) is 8.65. The fourth-order valence-electron chi connectivity index (χ4n) is 4.33. The lowest BCUT2D eigenvalue weighted by Crippen LogP contribution is -2.19. The minimum absolute atomic E-state index is 0.00967. The van der Waals surface area contributed by atoms with E-state index in [1.807, 2.05) is 30.3 Å². The normalized spacial score (nSPS) is 11.6. The van der Waals surface area contributed by atoms with Gasteiger partial charge in [-0.25, -0.2) is 14.6 Å². The van der Waals surface area contributed by atoms with E-state index >= 15 is 0 Å². The van der Waals surface area contributed by atoms with Gasteiger partial charge in [0.1, 0.15) is 5.69 Å². The zero-order valence-electron chi connectivity index (χ0n) is 19.3. The third kappa shape index (κ3) is 3.35. The predicted octanol–water partition coefficient (Wildman–Crippen LogP) is 4.37. The summed E-state index contributed by atoms with van der Waals surface area (Å²) < 4.78 is 3.31. The van der Waals surface area contributed by atoms with Gasteiger partial charge in [0.15, 0.2) is 0 Å². The van der Waals surface area contributed by atoms with Crippen LogP contribution in [0.25, 0.3) is 44.3 Å². The molecule has 5 aromatic rings. The van der Waals surface area contributed by atoms with E-state index in [0.29, 0.717) is 5.69 Å². The number of aromatic carboxylic acids is 1. The van der Waals surface area contributed by atoms with Crippen molar-refractivity contribution in [2.45, 2.75) is 19.8 Å². The summed E-state index contributed by atoms with van der Waals surface area (Å²) in [5.41, 5.74) is 5.62. The first-order valence-electron chi connectivity index (χ1n) is 10.9. The molecule has 34 heavy (non-hydrogen) atoms. The molecule has 170 valence electrons. The molecular formula is C26H23N5O3. The number of aromatic nitrogens is 5. The highest BCUT2D eigenvalue weighted by Crippen LogP contribution is 2.33.